The number of hydrogen-bond donors (Lipinski definition) is 3. The molecule has 2 amide bonds. The van der Waals surface area contributed by atoms with Gasteiger partial charge in [-0.1, -0.05) is 37.1 Å². The summed E-state index contributed by atoms with van der Waals surface area (Å²) in [4.78, 5) is 37.8. The zero-order valence-electron chi connectivity index (χ0n) is 28.8. The minimum Gasteiger partial charge on any atom is -0.396 e. The molecule has 2 aromatic heterocycles. The Kier molecular flexibility index (Phi) is 15.0. The molecule has 4 aromatic rings. The van der Waals surface area contributed by atoms with Crippen LogP contribution in [0.15, 0.2) is 78.0 Å². The highest BCUT2D eigenvalue weighted by Gasteiger charge is 2.16. The van der Waals surface area contributed by atoms with E-state index in [1.807, 2.05) is 26.0 Å². The van der Waals surface area contributed by atoms with Crippen molar-refractivity contribution >= 4 is 34.9 Å². The van der Waals surface area contributed by atoms with Crippen molar-refractivity contribution < 1.29 is 18.4 Å². The first-order valence-corrected chi connectivity index (χ1v) is 17.0. The number of nitrogens with one attached hydrogen (secondary N) is 2. The molecule has 0 aliphatic carbocycles. The molecule has 0 bridgehead atoms. The Morgan fingerprint density at radius 1 is 0.760 bits per heavy atom. The van der Waals surface area contributed by atoms with E-state index in [0.29, 0.717) is 30.0 Å². The van der Waals surface area contributed by atoms with Crippen molar-refractivity contribution in [2.24, 2.45) is 4.99 Å². The van der Waals surface area contributed by atoms with Crippen LogP contribution in [0.25, 0.3) is 0 Å². The average Bonchev–Trinajstić information content (AvgIpc) is 3.12. The predicted octanol–water partition coefficient (Wildman–Crippen LogP) is 7.91. The van der Waals surface area contributed by atoms with Gasteiger partial charge in [-0.3, -0.25) is 19.8 Å². The van der Waals surface area contributed by atoms with Crippen LogP contribution in [0.1, 0.15) is 61.0 Å². The highest BCUT2D eigenvalue weighted by Crippen LogP contribution is 2.22. The minimum absolute atomic E-state index is 0.187. The van der Waals surface area contributed by atoms with Gasteiger partial charge in [0.05, 0.1) is 35.1 Å². The molecule has 0 radical (unpaired) electrons. The van der Waals surface area contributed by atoms with E-state index in [9.17, 15) is 18.4 Å². The van der Waals surface area contributed by atoms with E-state index in [1.165, 1.54) is 38.0 Å². The zero-order valence-corrected chi connectivity index (χ0v) is 28.8. The lowest BCUT2D eigenvalue weighted by Gasteiger charge is -2.26. The van der Waals surface area contributed by atoms with Gasteiger partial charge >= 0.3 is 6.03 Å². The Bertz CT molecular complexity index is 1700. The summed E-state index contributed by atoms with van der Waals surface area (Å²) in [6, 6.07) is 16.9. The van der Waals surface area contributed by atoms with E-state index in [1.54, 1.807) is 54.7 Å². The molecule has 12 heteroatoms. The van der Waals surface area contributed by atoms with Gasteiger partial charge in [-0.2, -0.15) is 4.99 Å². The number of isocyanates is 1. The molecule has 0 spiro atoms. The third-order valence-electron chi connectivity index (χ3n) is 8.36. The Morgan fingerprint density at radius 2 is 1.32 bits per heavy atom. The maximum Gasteiger partial charge on any atom is 0.323 e. The Balaban J connectivity index is 0.000000189. The second-order valence-corrected chi connectivity index (χ2v) is 12.4. The Hall–Kier alpha value is -5.03. The number of aryl methyl sites for hydroxylation is 2. The number of rotatable bonds is 7. The molecule has 50 heavy (non-hydrogen) atoms. The summed E-state index contributed by atoms with van der Waals surface area (Å²) in [6.07, 6.45) is 11.9. The van der Waals surface area contributed by atoms with Crippen LogP contribution in [0.4, 0.5) is 36.3 Å². The number of nitrogens with two attached hydrogens (primary N) is 1. The van der Waals surface area contributed by atoms with E-state index in [2.05, 4.69) is 35.4 Å². The van der Waals surface area contributed by atoms with E-state index in [-0.39, 0.29) is 23.0 Å². The lowest BCUT2D eigenvalue weighted by atomic mass is 10.1. The van der Waals surface area contributed by atoms with Gasteiger partial charge in [-0.15, -0.1) is 0 Å². The molecule has 0 unspecified atom stereocenters. The molecule has 2 aliphatic rings. The summed E-state index contributed by atoms with van der Waals surface area (Å²) in [6.45, 7) is 9.15. The molecule has 2 fully saturated rings. The molecule has 2 aliphatic heterocycles. The fraction of sp³-hybridized carbons (Fsp3) is 0.368. The van der Waals surface area contributed by atoms with Crippen molar-refractivity contribution in [3.8, 4) is 0 Å². The smallest absolute Gasteiger partial charge is 0.323 e. The zero-order chi connectivity index (χ0) is 35.7. The fourth-order valence-electron chi connectivity index (χ4n) is 5.64. The second-order valence-electron chi connectivity index (χ2n) is 12.4. The number of carbonyl (C=O) groups is 1. The summed E-state index contributed by atoms with van der Waals surface area (Å²) in [7, 11) is 0. The largest absolute Gasteiger partial charge is 0.396 e. The van der Waals surface area contributed by atoms with E-state index in [4.69, 9.17) is 5.73 Å². The number of anilines is 3. The Labute approximate surface area is 292 Å². The lowest BCUT2D eigenvalue weighted by Crippen LogP contribution is -2.29. The number of piperidine rings is 2. The standard InChI is InChI=1S/C19H23FN4O.C12H17FN2.C7H6N2O/c1-14-8-9-16(12-21-14)22-19(25)23-17-7-5-6-15(18(17)20)13-24-10-3-2-4-11-24;13-12-10(5-4-6-11(12)14)9-15-7-2-1-3-8-15;1-6-2-3-7(4-8-6)9-5-10/h5-9,12H,2-4,10-11,13H2,1H3,(H2,22,23,25);4-6H,1-3,7-9,14H2;2-4H,1H3. The number of halogens is 2. The SMILES string of the molecule is Cc1ccc(N=C=O)cn1.Cc1ccc(NC(=O)Nc2cccc(CN3CCCCC3)c2F)cn1.Nc1cccc(CN2CCCCC2)c1F. The molecule has 6 rings (SSSR count). The maximum absolute atomic E-state index is 14.7. The van der Waals surface area contributed by atoms with Gasteiger partial charge in [-0.05, 0) is 102 Å². The molecule has 0 saturated carbocycles. The number of likely N-dealkylation sites (tertiary alicyclic amines) is 2. The summed E-state index contributed by atoms with van der Waals surface area (Å²) in [5, 5.41) is 5.24. The van der Waals surface area contributed by atoms with Gasteiger partial charge in [-0.25, -0.2) is 18.4 Å². The Morgan fingerprint density at radius 3 is 1.86 bits per heavy atom. The number of hydrogen-bond acceptors (Lipinski definition) is 8. The van der Waals surface area contributed by atoms with Crippen molar-refractivity contribution in [3.63, 3.8) is 0 Å². The number of nitrogen functional groups attached to an aromatic ring is 1. The maximum atomic E-state index is 14.7. The topological polar surface area (TPSA) is 129 Å². The van der Waals surface area contributed by atoms with Crippen LogP contribution < -0.4 is 16.4 Å². The van der Waals surface area contributed by atoms with Gasteiger partial charge in [0.2, 0.25) is 6.08 Å². The van der Waals surface area contributed by atoms with Crippen molar-refractivity contribution in [1.82, 2.24) is 19.8 Å². The third kappa shape index (κ3) is 12.5. The number of urea groups is 1. The molecule has 264 valence electrons. The second kappa shape index (κ2) is 19.8. The van der Waals surface area contributed by atoms with Crippen molar-refractivity contribution in [2.45, 2.75) is 65.5 Å². The van der Waals surface area contributed by atoms with E-state index >= 15 is 0 Å². The lowest BCUT2D eigenvalue weighted by molar-refractivity contribution is 0.218. The molecular formula is C38H46F2N8O2. The van der Waals surface area contributed by atoms with Gasteiger partial charge in [0.25, 0.3) is 0 Å². The van der Waals surface area contributed by atoms with Crippen LogP contribution in [0.5, 0.6) is 0 Å². The van der Waals surface area contributed by atoms with Crippen LogP contribution in [0, 0.1) is 25.5 Å². The molecule has 4 heterocycles. The highest BCUT2D eigenvalue weighted by atomic mass is 19.1. The molecule has 2 aromatic carbocycles. The van der Waals surface area contributed by atoms with Crippen LogP contribution in [0.2, 0.25) is 0 Å². The van der Waals surface area contributed by atoms with Gasteiger partial charge < -0.3 is 16.4 Å². The molecule has 2 saturated heterocycles. The normalized spacial score (nSPS) is 14.6. The van der Waals surface area contributed by atoms with E-state index in [0.717, 1.165) is 56.0 Å². The van der Waals surface area contributed by atoms with Crippen LogP contribution >= 0.6 is 0 Å². The van der Waals surface area contributed by atoms with Crippen LogP contribution in [-0.4, -0.2) is 58.1 Å². The summed E-state index contributed by atoms with van der Waals surface area (Å²) in [5.41, 5.74) is 10.2. The molecule has 4 N–H and O–H groups in total. The van der Waals surface area contributed by atoms with Crippen molar-refractivity contribution in [2.75, 3.05) is 42.5 Å². The summed E-state index contributed by atoms with van der Waals surface area (Å²) in [5.74, 6) is -0.617. The number of nitrogens with zero attached hydrogens (tertiary/aromatic N) is 5. The van der Waals surface area contributed by atoms with Gasteiger partial charge in [0, 0.05) is 35.6 Å². The molecule has 0 atom stereocenters. The number of pyridine rings is 2. The predicted molar refractivity (Wildman–Crippen MR) is 194 cm³/mol. The van der Waals surface area contributed by atoms with E-state index < -0.39 is 6.03 Å². The van der Waals surface area contributed by atoms with Gasteiger partial charge in [0.15, 0.2) is 11.6 Å². The first-order chi connectivity index (χ1) is 24.2. The average molecular weight is 685 g/mol. The minimum atomic E-state index is -0.486. The quantitative estimate of drug-likeness (QED) is 0.103. The molecule has 10 nitrogen and oxygen atoms in total. The van der Waals surface area contributed by atoms with Crippen LogP contribution in [-0.2, 0) is 17.9 Å². The van der Waals surface area contributed by atoms with Gasteiger partial charge in [0.1, 0.15) is 0 Å². The first-order valence-electron chi connectivity index (χ1n) is 17.0. The van der Waals surface area contributed by atoms with Crippen LogP contribution in [0.3, 0.4) is 0 Å². The number of aromatic nitrogens is 2. The number of benzene rings is 2. The fourth-order valence-corrected chi connectivity index (χ4v) is 5.64. The first kappa shape index (κ1) is 37.8. The number of carbonyl (C=O) groups excluding carboxylic acids is 2. The highest BCUT2D eigenvalue weighted by molar-refractivity contribution is 5.99. The van der Waals surface area contributed by atoms with Crippen molar-refractivity contribution in [3.05, 3.63) is 107 Å². The number of amides is 2. The molecular weight excluding hydrogens is 638 g/mol. The summed E-state index contributed by atoms with van der Waals surface area (Å²) < 4.78 is 28.3. The monoisotopic (exact) mass is 684 g/mol. The third-order valence-corrected chi connectivity index (χ3v) is 8.36. The number of aliphatic imine (C=N–C) groups is 1. The van der Waals surface area contributed by atoms with Crippen molar-refractivity contribution in [1.29, 1.82) is 0 Å². The summed E-state index contributed by atoms with van der Waals surface area (Å²) >= 11 is 0.